The zero-order chi connectivity index (χ0) is 15.9. The van der Waals surface area contributed by atoms with Crippen molar-refractivity contribution in [2.24, 2.45) is 0 Å². The fraction of sp³-hybridized carbons (Fsp3) is 0.235. The van der Waals surface area contributed by atoms with Crippen LogP contribution in [0, 0.1) is 6.92 Å². The highest BCUT2D eigenvalue weighted by molar-refractivity contribution is 7.92. The van der Waals surface area contributed by atoms with Crippen molar-refractivity contribution in [2.45, 2.75) is 19.4 Å². The van der Waals surface area contributed by atoms with E-state index in [-0.39, 0.29) is 5.78 Å². The molecule has 0 N–H and O–H groups in total. The van der Waals surface area contributed by atoms with Gasteiger partial charge in [-0.15, -0.1) is 0 Å². The summed E-state index contributed by atoms with van der Waals surface area (Å²) in [5.74, 6) is -0.137. The lowest BCUT2D eigenvalue weighted by Crippen LogP contribution is -2.41. The number of fused-ring (bicyclic) bond motifs is 1. The Morgan fingerprint density at radius 3 is 2.32 bits per heavy atom. The summed E-state index contributed by atoms with van der Waals surface area (Å²) in [5, 5.41) is 0. The van der Waals surface area contributed by atoms with Crippen LogP contribution in [0.3, 0.4) is 0 Å². The van der Waals surface area contributed by atoms with E-state index in [2.05, 4.69) is 0 Å². The molecule has 2 aromatic rings. The van der Waals surface area contributed by atoms with Crippen molar-refractivity contribution in [3.8, 4) is 0 Å². The number of carbonyl (C=O) groups is 1. The first kappa shape index (κ1) is 14.8. The first-order valence-electron chi connectivity index (χ1n) is 7.06. The minimum absolute atomic E-state index is 0.137. The Bertz CT molecular complexity index is 825. The molecule has 1 aliphatic heterocycles. The molecule has 0 aliphatic carbocycles. The van der Waals surface area contributed by atoms with Gasteiger partial charge in [0, 0.05) is 12.0 Å². The highest BCUT2D eigenvalue weighted by atomic mass is 32.2. The van der Waals surface area contributed by atoms with E-state index in [1.165, 1.54) is 4.31 Å². The van der Waals surface area contributed by atoms with Gasteiger partial charge in [-0.25, -0.2) is 8.42 Å². The number of sulfonamides is 1. The zero-order valence-electron chi connectivity index (χ0n) is 12.5. The molecule has 0 saturated heterocycles. The van der Waals surface area contributed by atoms with Crippen molar-refractivity contribution in [3.63, 3.8) is 0 Å². The van der Waals surface area contributed by atoms with Gasteiger partial charge in [0.25, 0.3) is 0 Å². The fourth-order valence-electron chi connectivity index (χ4n) is 2.86. The molecular weight excluding hydrogens is 298 g/mol. The van der Waals surface area contributed by atoms with Crippen LogP contribution < -0.4 is 4.31 Å². The summed E-state index contributed by atoms with van der Waals surface area (Å²) in [7, 11) is -3.51. The predicted molar refractivity (Wildman–Crippen MR) is 86.8 cm³/mol. The Morgan fingerprint density at radius 1 is 1.05 bits per heavy atom. The van der Waals surface area contributed by atoms with E-state index in [1.807, 2.05) is 31.2 Å². The molecule has 1 aliphatic rings. The standard InChI is InChI=1S/C17H17NO3S/c1-12-7-9-13(10-8-12)11-16-17(19)14-5-3-4-6-15(14)18(16)22(2,20)21/h3-10,16H,11H2,1-2H3. The SMILES string of the molecule is Cc1ccc(CC2C(=O)c3ccccc3N2S(C)(=O)=O)cc1. The van der Waals surface area contributed by atoms with Gasteiger partial charge in [0.2, 0.25) is 10.0 Å². The average molecular weight is 315 g/mol. The molecule has 1 unspecified atom stereocenters. The van der Waals surface area contributed by atoms with Crippen LogP contribution in [-0.4, -0.2) is 26.5 Å². The summed E-state index contributed by atoms with van der Waals surface area (Å²) in [5.41, 5.74) is 3.03. The number of benzene rings is 2. The predicted octanol–water partition coefficient (Wildman–Crippen LogP) is 2.57. The summed E-state index contributed by atoms with van der Waals surface area (Å²) >= 11 is 0. The van der Waals surface area contributed by atoms with Gasteiger partial charge >= 0.3 is 0 Å². The van der Waals surface area contributed by atoms with Crippen molar-refractivity contribution >= 4 is 21.5 Å². The van der Waals surface area contributed by atoms with E-state index >= 15 is 0 Å². The molecule has 114 valence electrons. The lowest BCUT2D eigenvalue weighted by atomic mass is 10.0. The van der Waals surface area contributed by atoms with E-state index in [4.69, 9.17) is 0 Å². The third-order valence-corrected chi connectivity index (χ3v) is 5.07. The smallest absolute Gasteiger partial charge is 0.232 e. The van der Waals surface area contributed by atoms with Crippen LogP contribution >= 0.6 is 0 Å². The fourth-order valence-corrected chi connectivity index (χ4v) is 4.01. The number of hydrogen-bond donors (Lipinski definition) is 0. The molecule has 0 fully saturated rings. The van der Waals surface area contributed by atoms with Crippen LogP contribution in [0.2, 0.25) is 0 Å². The monoisotopic (exact) mass is 315 g/mol. The summed E-state index contributed by atoms with van der Waals surface area (Å²) in [6.45, 7) is 1.99. The molecule has 3 rings (SSSR count). The Balaban J connectivity index is 2.03. The van der Waals surface area contributed by atoms with E-state index < -0.39 is 16.1 Å². The molecular formula is C17H17NO3S. The number of carbonyl (C=O) groups excluding carboxylic acids is 1. The molecule has 0 amide bonds. The van der Waals surface area contributed by atoms with Crippen LogP contribution in [0.4, 0.5) is 5.69 Å². The first-order chi connectivity index (χ1) is 10.4. The molecule has 5 heteroatoms. The maximum atomic E-state index is 12.6. The third-order valence-electron chi connectivity index (χ3n) is 3.90. The molecule has 1 heterocycles. The topological polar surface area (TPSA) is 54.5 Å². The number of Topliss-reactive ketones (excluding diaryl/α,β-unsaturated/α-hetero) is 1. The minimum atomic E-state index is -3.51. The van der Waals surface area contributed by atoms with Crippen LogP contribution in [-0.2, 0) is 16.4 Å². The second-order valence-corrected chi connectivity index (χ2v) is 7.51. The van der Waals surface area contributed by atoms with E-state index in [0.717, 1.165) is 17.4 Å². The van der Waals surface area contributed by atoms with Crippen molar-refractivity contribution in [1.29, 1.82) is 0 Å². The maximum absolute atomic E-state index is 12.6. The molecule has 4 nitrogen and oxygen atoms in total. The number of para-hydroxylation sites is 1. The van der Waals surface area contributed by atoms with Gasteiger partial charge in [-0.1, -0.05) is 42.0 Å². The number of rotatable bonds is 3. The lowest BCUT2D eigenvalue weighted by Gasteiger charge is -2.24. The van der Waals surface area contributed by atoms with Crippen molar-refractivity contribution in [1.82, 2.24) is 0 Å². The number of ketones is 1. The summed E-state index contributed by atoms with van der Waals surface area (Å²) in [4.78, 5) is 12.6. The van der Waals surface area contributed by atoms with Gasteiger partial charge < -0.3 is 0 Å². The molecule has 0 spiro atoms. The molecule has 2 aromatic carbocycles. The number of anilines is 1. The van der Waals surface area contributed by atoms with Crippen molar-refractivity contribution < 1.29 is 13.2 Å². The quantitative estimate of drug-likeness (QED) is 0.875. The van der Waals surface area contributed by atoms with E-state index in [1.54, 1.807) is 24.3 Å². The Labute approximate surface area is 130 Å². The van der Waals surface area contributed by atoms with Gasteiger partial charge in [-0.2, -0.15) is 0 Å². The normalized spacial score (nSPS) is 17.6. The summed E-state index contributed by atoms with van der Waals surface area (Å²) in [6, 6.07) is 14.0. The van der Waals surface area contributed by atoms with E-state index in [0.29, 0.717) is 17.7 Å². The highest BCUT2D eigenvalue weighted by Crippen LogP contribution is 2.35. The Kier molecular flexibility index (Phi) is 3.53. The van der Waals surface area contributed by atoms with Crippen molar-refractivity contribution in [2.75, 3.05) is 10.6 Å². The molecule has 0 bridgehead atoms. The van der Waals surface area contributed by atoms with Gasteiger partial charge in [0.15, 0.2) is 5.78 Å². The van der Waals surface area contributed by atoms with Crippen LogP contribution in [0.15, 0.2) is 48.5 Å². The lowest BCUT2D eigenvalue weighted by molar-refractivity contribution is 0.0974. The molecule has 0 saturated carbocycles. The Hall–Kier alpha value is -2.14. The zero-order valence-corrected chi connectivity index (χ0v) is 13.3. The Morgan fingerprint density at radius 2 is 1.68 bits per heavy atom. The second-order valence-electron chi connectivity index (χ2n) is 5.65. The highest BCUT2D eigenvalue weighted by Gasteiger charge is 2.41. The van der Waals surface area contributed by atoms with Crippen LogP contribution in [0.1, 0.15) is 21.5 Å². The third kappa shape index (κ3) is 2.52. The largest absolute Gasteiger partial charge is 0.292 e. The molecule has 22 heavy (non-hydrogen) atoms. The van der Waals surface area contributed by atoms with Crippen LogP contribution in [0.5, 0.6) is 0 Å². The average Bonchev–Trinajstić information content (AvgIpc) is 2.75. The van der Waals surface area contributed by atoms with E-state index in [9.17, 15) is 13.2 Å². The maximum Gasteiger partial charge on any atom is 0.232 e. The van der Waals surface area contributed by atoms with Gasteiger partial charge in [0.05, 0.1) is 11.9 Å². The second kappa shape index (κ2) is 5.25. The summed E-state index contributed by atoms with van der Waals surface area (Å²) < 4.78 is 25.6. The molecule has 0 radical (unpaired) electrons. The molecule has 0 aromatic heterocycles. The van der Waals surface area contributed by atoms with Crippen LogP contribution in [0.25, 0.3) is 0 Å². The first-order valence-corrected chi connectivity index (χ1v) is 8.91. The van der Waals surface area contributed by atoms with Crippen molar-refractivity contribution in [3.05, 3.63) is 65.2 Å². The van der Waals surface area contributed by atoms with Gasteiger partial charge in [-0.05, 0) is 24.6 Å². The number of hydrogen-bond acceptors (Lipinski definition) is 3. The summed E-state index contributed by atoms with van der Waals surface area (Å²) in [6.07, 6.45) is 1.52. The number of aryl methyl sites for hydroxylation is 1. The number of nitrogens with zero attached hydrogens (tertiary/aromatic N) is 1. The van der Waals surface area contributed by atoms with Gasteiger partial charge in [0.1, 0.15) is 6.04 Å². The molecule has 1 atom stereocenters. The van der Waals surface area contributed by atoms with Gasteiger partial charge in [-0.3, -0.25) is 9.10 Å². The minimum Gasteiger partial charge on any atom is -0.292 e.